The summed E-state index contributed by atoms with van der Waals surface area (Å²) < 4.78 is 5.59. The number of piperidine rings is 1. The summed E-state index contributed by atoms with van der Waals surface area (Å²) in [5.74, 6) is 1.80. The first-order chi connectivity index (χ1) is 7.81. The van der Waals surface area contributed by atoms with Gasteiger partial charge in [0.15, 0.2) is 0 Å². The lowest BCUT2D eigenvalue weighted by Gasteiger charge is -2.53. The highest BCUT2D eigenvalue weighted by Crippen LogP contribution is 2.48. The molecule has 3 rings (SSSR count). The van der Waals surface area contributed by atoms with E-state index in [1.807, 2.05) is 0 Å². The van der Waals surface area contributed by atoms with Gasteiger partial charge in [-0.15, -0.1) is 0 Å². The molecule has 0 amide bonds. The molecular formula is C13H24N2O. The molecule has 0 spiro atoms. The molecule has 0 radical (unpaired) electrons. The highest BCUT2D eigenvalue weighted by molar-refractivity contribution is 5.00. The van der Waals surface area contributed by atoms with Gasteiger partial charge in [-0.25, -0.2) is 0 Å². The van der Waals surface area contributed by atoms with Gasteiger partial charge in [-0.05, 0) is 64.3 Å². The van der Waals surface area contributed by atoms with Crippen LogP contribution in [0.5, 0.6) is 0 Å². The summed E-state index contributed by atoms with van der Waals surface area (Å²) in [7, 11) is 2.25. The van der Waals surface area contributed by atoms with E-state index in [9.17, 15) is 0 Å². The number of nitrogens with zero attached hydrogens (tertiary/aromatic N) is 1. The van der Waals surface area contributed by atoms with E-state index >= 15 is 0 Å². The second-order valence-electron chi connectivity index (χ2n) is 5.99. The van der Waals surface area contributed by atoms with Gasteiger partial charge in [0.05, 0.1) is 13.2 Å². The number of hydrogen-bond donors (Lipinski definition) is 1. The molecule has 3 saturated heterocycles. The van der Waals surface area contributed by atoms with Crippen LogP contribution in [0.3, 0.4) is 0 Å². The van der Waals surface area contributed by atoms with Gasteiger partial charge >= 0.3 is 0 Å². The maximum atomic E-state index is 5.59. The first kappa shape index (κ1) is 11.0. The lowest BCUT2D eigenvalue weighted by atomic mass is 9.62. The number of rotatable bonds is 2. The van der Waals surface area contributed by atoms with Crippen molar-refractivity contribution in [2.45, 2.75) is 19.3 Å². The molecule has 3 nitrogen and oxygen atoms in total. The molecule has 3 fully saturated rings. The second-order valence-corrected chi connectivity index (χ2v) is 5.99. The molecule has 0 aliphatic carbocycles. The van der Waals surface area contributed by atoms with Crippen molar-refractivity contribution >= 4 is 0 Å². The van der Waals surface area contributed by atoms with Crippen LogP contribution in [0.15, 0.2) is 0 Å². The minimum atomic E-state index is 0.546. The van der Waals surface area contributed by atoms with Crippen LogP contribution in [-0.4, -0.2) is 51.3 Å². The molecule has 1 atom stereocenters. The summed E-state index contributed by atoms with van der Waals surface area (Å²) in [4.78, 5) is 2.47. The molecule has 3 heterocycles. The molecule has 1 N–H and O–H groups in total. The molecule has 16 heavy (non-hydrogen) atoms. The van der Waals surface area contributed by atoms with E-state index in [2.05, 4.69) is 17.3 Å². The van der Waals surface area contributed by atoms with Crippen LogP contribution in [0.4, 0.5) is 0 Å². The topological polar surface area (TPSA) is 24.5 Å². The molecule has 0 aromatic rings. The normalized spacial score (nSPS) is 36.2. The lowest BCUT2D eigenvalue weighted by Crippen LogP contribution is -2.56. The Labute approximate surface area is 98.5 Å². The molecule has 0 bridgehead atoms. The van der Waals surface area contributed by atoms with Crippen molar-refractivity contribution in [1.29, 1.82) is 0 Å². The molecule has 1 unspecified atom stereocenters. The molecule has 3 heteroatoms. The Morgan fingerprint density at radius 3 is 2.38 bits per heavy atom. The standard InChI is InChI=1S/C13H24N2O/c1-15-6-3-11(4-7-15)13(9-16-10-13)12-2-5-14-8-12/h11-12,14H,2-10H2,1H3. The van der Waals surface area contributed by atoms with Gasteiger partial charge in [0.25, 0.3) is 0 Å². The van der Waals surface area contributed by atoms with Crippen LogP contribution in [0.2, 0.25) is 0 Å². The Balaban J connectivity index is 1.69. The Kier molecular flexibility index (Phi) is 2.94. The first-order valence-corrected chi connectivity index (χ1v) is 6.78. The molecule has 3 aliphatic rings. The Bertz CT molecular complexity index is 238. The average Bonchev–Trinajstić information content (AvgIpc) is 2.73. The van der Waals surface area contributed by atoms with E-state index in [4.69, 9.17) is 4.74 Å². The fourth-order valence-electron chi connectivity index (χ4n) is 3.87. The molecule has 0 saturated carbocycles. The number of nitrogens with one attached hydrogen (secondary N) is 1. The van der Waals surface area contributed by atoms with Gasteiger partial charge in [0.1, 0.15) is 0 Å². The molecule has 3 aliphatic heterocycles. The summed E-state index contributed by atoms with van der Waals surface area (Å²) in [6.45, 7) is 7.09. The van der Waals surface area contributed by atoms with Crippen molar-refractivity contribution in [3.05, 3.63) is 0 Å². The summed E-state index contributed by atoms with van der Waals surface area (Å²) in [5, 5.41) is 3.53. The molecule has 0 aromatic heterocycles. The quantitative estimate of drug-likeness (QED) is 0.756. The van der Waals surface area contributed by atoms with E-state index in [0.29, 0.717) is 5.41 Å². The number of hydrogen-bond acceptors (Lipinski definition) is 3. The van der Waals surface area contributed by atoms with E-state index in [-0.39, 0.29) is 0 Å². The van der Waals surface area contributed by atoms with Crippen LogP contribution in [-0.2, 0) is 4.74 Å². The van der Waals surface area contributed by atoms with Crippen LogP contribution in [0.25, 0.3) is 0 Å². The summed E-state index contributed by atoms with van der Waals surface area (Å²) >= 11 is 0. The Hall–Kier alpha value is -0.120. The largest absolute Gasteiger partial charge is 0.380 e. The van der Waals surface area contributed by atoms with Crippen molar-refractivity contribution in [1.82, 2.24) is 10.2 Å². The smallest absolute Gasteiger partial charge is 0.0550 e. The summed E-state index contributed by atoms with van der Waals surface area (Å²) in [6, 6.07) is 0. The van der Waals surface area contributed by atoms with Crippen LogP contribution in [0, 0.1) is 17.3 Å². The second kappa shape index (κ2) is 4.28. The minimum Gasteiger partial charge on any atom is -0.380 e. The van der Waals surface area contributed by atoms with E-state index < -0.39 is 0 Å². The van der Waals surface area contributed by atoms with E-state index in [0.717, 1.165) is 25.0 Å². The zero-order valence-electron chi connectivity index (χ0n) is 10.4. The van der Waals surface area contributed by atoms with Gasteiger partial charge in [-0.3, -0.25) is 0 Å². The number of likely N-dealkylation sites (tertiary alicyclic amines) is 1. The maximum absolute atomic E-state index is 5.59. The first-order valence-electron chi connectivity index (χ1n) is 6.78. The van der Waals surface area contributed by atoms with Crippen molar-refractivity contribution in [2.24, 2.45) is 17.3 Å². The zero-order valence-corrected chi connectivity index (χ0v) is 10.4. The average molecular weight is 224 g/mol. The van der Waals surface area contributed by atoms with E-state index in [1.165, 1.54) is 45.4 Å². The zero-order chi connectivity index (χ0) is 11.0. The Morgan fingerprint density at radius 2 is 1.88 bits per heavy atom. The van der Waals surface area contributed by atoms with Gasteiger partial charge in [0, 0.05) is 5.41 Å². The van der Waals surface area contributed by atoms with Gasteiger partial charge in [-0.1, -0.05) is 0 Å². The highest BCUT2D eigenvalue weighted by atomic mass is 16.5. The van der Waals surface area contributed by atoms with Crippen LogP contribution >= 0.6 is 0 Å². The SMILES string of the molecule is CN1CCC(C2(C3CCNC3)COC2)CC1. The van der Waals surface area contributed by atoms with Gasteiger partial charge in [-0.2, -0.15) is 0 Å². The third kappa shape index (κ3) is 1.69. The molecular weight excluding hydrogens is 200 g/mol. The van der Waals surface area contributed by atoms with Gasteiger partial charge < -0.3 is 15.0 Å². The maximum Gasteiger partial charge on any atom is 0.0550 e. The third-order valence-electron chi connectivity index (χ3n) is 5.15. The van der Waals surface area contributed by atoms with Crippen LogP contribution in [0.1, 0.15) is 19.3 Å². The fraction of sp³-hybridized carbons (Fsp3) is 1.00. The van der Waals surface area contributed by atoms with Crippen LogP contribution < -0.4 is 5.32 Å². The van der Waals surface area contributed by atoms with Crippen molar-refractivity contribution in [3.63, 3.8) is 0 Å². The van der Waals surface area contributed by atoms with Crippen molar-refractivity contribution < 1.29 is 4.74 Å². The predicted molar refractivity (Wildman–Crippen MR) is 64.4 cm³/mol. The van der Waals surface area contributed by atoms with Gasteiger partial charge in [0.2, 0.25) is 0 Å². The fourth-order valence-corrected chi connectivity index (χ4v) is 3.87. The number of ether oxygens (including phenoxy) is 1. The Morgan fingerprint density at radius 1 is 1.12 bits per heavy atom. The highest BCUT2D eigenvalue weighted by Gasteiger charge is 2.51. The molecule has 92 valence electrons. The summed E-state index contributed by atoms with van der Waals surface area (Å²) in [5.41, 5.74) is 0.546. The van der Waals surface area contributed by atoms with Crippen molar-refractivity contribution in [2.75, 3.05) is 46.4 Å². The molecule has 0 aromatic carbocycles. The third-order valence-corrected chi connectivity index (χ3v) is 5.15. The lowest BCUT2D eigenvalue weighted by molar-refractivity contribution is -0.182. The van der Waals surface area contributed by atoms with Crippen molar-refractivity contribution in [3.8, 4) is 0 Å². The minimum absolute atomic E-state index is 0.546. The monoisotopic (exact) mass is 224 g/mol. The summed E-state index contributed by atoms with van der Waals surface area (Å²) in [6.07, 6.45) is 4.14. The predicted octanol–water partition coefficient (Wildman–Crippen LogP) is 0.954. The van der Waals surface area contributed by atoms with E-state index in [1.54, 1.807) is 0 Å².